The first-order valence-electron chi connectivity index (χ1n) is 4.71. The van der Waals surface area contributed by atoms with E-state index >= 15 is 0 Å². The lowest BCUT2D eigenvalue weighted by molar-refractivity contribution is 0.284. The summed E-state index contributed by atoms with van der Waals surface area (Å²) < 4.78 is 0. The summed E-state index contributed by atoms with van der Waals surface area (Å²) in [4.78, 5) is 11.1. The monoisotopic (exact) mass is 177 g/mol. The molecule has 2 aliphatic rings. The Morgan fingerprint density at radius 2 is 2.15 bits per heavy atom. The van der Waals surface area contributed by atoms with Crippen molar-refractivity contribution >= 4 is 12.6 Å². The van der Waals surface area contributed by atoms with Gasteiger partial charge < -0.3 is 4.90 Å². The molecule has 0 fully saturated rings. The molecule has 0 aliphatic carbocycles. The summed E-state index contributed by atoms with van der Waals surface area (Å²) in [6.45, 7) is 6.39. The topological polar surface area (TPSA) is 28.0 Å². The van der Waals surface area contributed by atoms with Gasteiger partial charge in [-0.05, 0) is 26.3 Å². The van der Waals surface area contributed by atoms with Crippen molar-refractivity contribution in [1.82, 2.24) is 4.90 Å². The van der Waals surface area contributed by atoms with Gasteiger partial charge in [0.1, 0.15) is 12.2 Å². The van der Waals surface area contributed by atoms with Gasteiger partial charge in [0.25, 0.3) is 0 Å². The fraction of sp³-hybridized carbons (Fsp3) is 0.600. The number of hydrogen-bond acceptors (Lipinski definition) is 3. The maximum Gasteiger partial charge on any atom is 0.148 e. The second kappa shape index (κ2) is 2.98. The lowest BCUT2D eigenvalue weighted by Crippen LogP contribution is -2.40. The van der Waals surface area contributed by atoms with Crippen LogP contribution in [0, 0.1) is 0 Å². The van der Waals surface area contributed by atoms with Gasteiger partial charge >= 0.3 is 0 Å². The molecule has 0 spiro atoms. The Bertz CT molecular complexity index is 289. The van der Waals surface area contributed by atoms with Gasteiger partial charge in [-0.2, -0.15) is 0 Å². The largest absolute Gasteiger partial charge is 0.336 e. The quantitative estimate of drug-likeness (QED) is 0.596. The molecular formula is C10H15N3. The third-order valence-corrected chi connectivity index (χ3v) is 2.44. The Labute approximate surface area is 78.9 Å². The van der Waals surface area contributed by atoms with Crippen molar-refractivity contribution < 1.29 is 0 Å². The molecule has 0 saturated heterocycles. The van der Waals surface area contributed by atoms with E-state index in [1.807, 2.05) is 12.6 Å². The first-order valence-corrected chi connectivity index (χ1v) is 4.71. The average molecular weight is 177 g/mol. The van der Waals surface area contributed by atoms with Gasteiger partial charge in [0.2, 0.25) is 0 Å². The minimum Gasteiger partial charge on any atom is -0.336 e. The average Bonchev–Trinajstić information content (AvgIpc) is 2.46. The Kier molecular flexibility index (Phi) is 1.94. The lowest BCUT2D eigenvalue weighted by atomic mass is 10.1. The first kappa shape index (κ1) is 8.48. The Morgan fingerprint density at radius 1 is 1.38 bits per heavy atom. The van der Waals surface area contributed by atoms with Crippen LogP contribution in [0.25, 0.3) is 0 Å². The van der Waals surface area contributed by atoms with Crippen molar-refractivity contribution in [2.75, 3.05) is 0 Å². The van der Waals surface area contributed by atoms with Gasteiger partial charge in [-0.15, -0.1) is 0 Å². The van der Waals surface area contributed by atoms with Gasteiger partial charge in [-0.25, -0.2) is 0 Å². The van der Waals surface area contributed by atoms with E-state index < -0.39 is 0 Å². The summed E-state index contributed by atoms with van der Waals surface area (Å²) >= 11 is 0. The van der Waals surface area contributed by atoms with Crippen LogP contribution in [0.1, 0.15) is 20.8 Å². The molecule has 0 radical (unpaired) electrons. The zero-order valence-electron chi connectivity index (χ0n) is 8.31. The van der Waals surface area contributed by atoms with E-state index in [9.17, 15) is 0 Å². The highest BCUT2D eigenvalue weighted by atomic mass is 15.3. The van der Waals surface area contributed by atoms with Crippen LogP contribution in [0.4, 0.5) is 0 Å². The maximum absolute atomic E-state index is 4.48. The van der Waals surface area contributed by atoms with E-state index in [0.717, 1.165) is 0 Å². The number of dihydropyridines is 1. The zero-order chi connectivity index (χ0) is 9.42. The standard InChI is InChI=1S/C10H15N3/c1-7(2)13-6-12-9-4-8(3)5-11-10(9)13/h4-7,9-10H,1-3H3. The molecule has 2 heterocycles. The van der Waals surface area contributed by atoms with Gasteiger partial charge in [0.15, 0.2) is 0 Å². The summed E-state index contributed by atoms with van der Waals surface area (Å²) in [6, 6.07) is 0.718. The third kappa shape index (κ3) is 1.39. The van der Waals surface area contributed by atoms with E-state index in [4.69, 9.17) is 0 Å². The summed E-state index contributed by atoms with van der Waals surface area (Å²) in [7, 11) is 0. The minimum atomic E-state index is 0.212. The van der Waals surface area contributed by atoms with Crippen molar-refractivity contribution in [3.8, 4) is 0 Å². The predicted molar refractivity (Wildman–Crippen MR) is 55.3 cm³/mol. The highest BCUT2D eigenvalue weighted by Crippen LogP contribution is 2.22. The molecule has 3 nitrogen and oxygen atoms in total. The normalized spacial score (nSPS) is 31.1. The van der Waals surface area contributed by atoms with Crippen molar-refractivity contribution in [2.45, 2.75) is 39.0 Å². The Balaban J connectivity index is 2.20. The molecule has 0 amide bonds. The summed E-state index contributed by atoms with van der Waals surface area (Å²) in [6.07, 6.45) is 6.25. The predicted octanol–water partition coefficient (Wildman–Crippen LogP) is 1.46. The molecule has 0 N–H and O–H groups in total. The van der Waals surface area contributed by atoms with E-state index in [1.165, 1.54) is 5.57 Å². The molecule has 3 heteroatoms. The summed E-state index contributed by atoms with van der Waals surface area (Å²) in [5.41, 5.74) is 1.21. The van der Waals surface area contributed by atoms with Crippen LogP contribution in [0.5, 0.6) is 0 Å². The van der Waals surface area contributed by atoms with Crippen molar-refractivity contribution in [3.63, 3.8) is 0 Å². The van der Waals surface area contributed by atoms with Gasteiger partial charge in [-0.3, -0.25) is 9.98 Å². The molecule has 2 unspecified atom stereocenters. The van der Waals surface area contributed by atoms with Crippen LogP contribution in [0.15, 0.2) is 21.6 Å². The van der Waals surface area contributed by atoms with Crippen LogP contribution in [-0.2, 0) is 0 Å². The molecule has 0 aromatic heterocycles. The van der Waals surface area contributed by atoms with Crippen LogP contribution in [0.3, 0.4) is 0 Å². The molecule has 0 bridgehead atoms. The Morgan fingerprint density at radius 3 is 2.85 bits per heavy atom. The summed E-state index contributed by atoms with van der Waals surface area (Å²) in [5.74, 6) is 0. The van der Waals surface area contributed by atoms with Gasteiger partial charge in [-0.1, -0.05) is 6.08 Å². The van der Waals surface area contributed by atoms with Gasteiger partial charge in [0.05, 0.1) is 6.34 Å². The zero-order valence-corrected chi connectivity index (χ0v) is 8.31. The fourth-order valence-electron chi connectivity index (χ4n) is 1.71. The molecule has 0 saturated carbocycles. The number of rotatable bonds is 1. The minimum absolute atomic E-state index is 0.212. The fourth-order valence-corrected chi connectivity index (χ4v) is 1.71. The molecule has 2 atom stereocenters. The van der Waals surface area contributed by atoms with Crippen LogP contribution in [-0.4, -0.2) is 35.7 Å². The number of fused-ring (bicyclic) bond motifs is 1. The van der Waals surface area contributed by atoms with E-state index in [0.29, 0.717) is 6.04 Å². The number of aliphatic imine (C=N–C) groups is 2. The van der Waals surface area contributed by atoms with Crippen molar-refractivity contribution in [3.05, 3.63) is 11.6 Å². The van der Waals surface area contributed by atoms with Crippen molar-refractivity contribution in [1.29, 1.82) is 0 Å². The summed E-state index contributed by atoms with van der Waals surface area (Å²) in [5, 5.41) is 0. The van der Waals surface area contributed by atoms with Crippen molar-refractivity contribution in [2.24, 2.45) is 9.98 Å². The smallest absolute Gasteiger partial charge is 0.148 e. The molecule has 0 aromatic carbocycles. The molecule has 13 heavy (non-hydrogen) atoms. The highest BCUT2D eigenvalue weighted by molar-refractivity contribution is 5.80. The Hall–Kier alpha value is -1.12. The van der Waals surface area contributed by atoms with Crippen LogP contribution < -0.4 is 0 Å². The third-order valence-electron chi connectivity index (χ3n) is 2.44. The van der Waals surface area contributed by atoms with Crippen LogP contribution >= 0.6 is 0 Å². The van der Waals surface area contributed by atoms with E-state index in [1.54, 1.807) is 0 Å². The molecule has 2 aliphatic heterocycles. The number of allylic oxidation sites excluding steroid dienone is 1. The van der Waals surface area contributed by atoms with Gasteiger partial charge in [0, 0.05) is 12.3 Å². The first-order chi connectivity index (χ1) is 6.18. The number of nitrogens with zero attached hydrogens (tertiary/aromatic N) is 3. The second-order valence-corrected chi connectivity index (χ2v) is 3.90. The lowest BCUT2D eigenvalue weighted by Gasteiger charge is -2.28. The molecule has 2 rings (SSSR count). The highest BCUT2D eigenvalue weighted by Gasteiger charge is 2.31. The molecule has 70 valence electrons. The van der Waals surface area contributed by atoms with Crippen LogP contribution in [0.2, 0.25) is 0 Å². The maximum atomic E-state index is 4.48. The SMILES string of the molecule is CC1=CC2N=CN(C(C)C)C2N=C1. The second-order valence-electron chi connectivity index (χ2n) is 3.90. The molecule has 0 aromatic rings. The van der Waals surface area contributed by atoms with E-state index in [2.05, 4.69) is 41.7 Å². The number of hydrogen-bond donors (Lipinski definition) is 0. The molecular weight excluding hydrogens is 162 g/mol. The van der Waals surface area contributed by atoms with E-state index in [-0.39, 0.29) is 12.2 Å².